The molecular weight excluding hydrogens is 327 g/mol. The van der Waals surface area contributed by atoms with E-state index in [1.807, 2.05) is 13.8 Å². The molecule has 0 bridgehead atoms. The van der Waals surface area contributed by atoms with Gasteiger partial charge in [0.05, 0.1) is 16.9 Å². The highest BCUT2D eigenvalue weighted by Crippen LogP contribution is 2.30. The molecule has 128 valence electrons. The maximum atomic E-state index is 12.8. The van der Waals surface area contributed by atoms with Crippen molar-refractivity contribution in [2.75, 3.05) is 20.3 Å². The minimum absolute atomic E-state index is 0.0405. The zero-order valence-electron chi connectivity index (χ0n) is 13.5. The van der Waals surface area contributed by atoms with Crippen LogP contribution in [0.1, 0.15) is 35.6 Å². The van der Waals surface area contributed by atoms with Crippen LogP contribution in [0.2, 0.25) is 0 Å². The van der Waals surface area contributed by atoms with Crippen LogP contribution in [-0.2, 0) is 7.05 Å². The third kappa shape index (κ3) is 4.34. The highest BCUT2D eigenvalue weighted by molar-refractivity contribution is 7.17. The van der Waals surface area contributed by atoms with Crippen LogP contribution < -0.4 is 0 Å². The van der Waals surface area contributed by atoms with Gasteiger partial charge in [-0.3, -0.25) is 13.9 Å². The van der Waals surface area contributed by atoms with Crippen molar-refractivity contribution in [3.05, 3.63) is 28.8 Å². The highest BCUT2D eigenvalue weighted by atomic mass is 32.1. The molecule has 0 aliphatic carbocycles. The lowest BCUT2D eigenvalue weighted by atomic mass is 10.3. The van der Waals surface area contributed by atoms with Crippen molar-refractivity contribution >= 4 is 17.2 Å². The summed E-state index contributed by atoms with van der Waals surface area (Å²) in [4.78, 5) is 15.3. The predicted molar refractivity (Wildman–Crippen MR) is 85.8 cm³/mol. The highest BCUT2D eigenvalue weighted by Gasteiger charge is 2.19. The van der Waals surface area contributed by atoms with Gasteiger partial charge >= 0.3 is 0 Å². The summed E-state index contributed by atoms with van der Waals surface area (Å²) in [5.41, 5.74) is 0.339. The van der Waals surface area contributed by atoms with Crippen molar-refractivity contribution in [1.29, 1.82) is 0 Å². The molecule has 8 heteroatoms. The predicted octanol–water partition coefficient (Wildman–Crippen LogP) is 4.15. The number of nitrogens with zero attached hydrogens (tertiary/aromatic N) is 3. The molecule has 2 heterocycles. The summed E-state index contributed by atoms with van der Waals surface area (Å²) in [5.74, 6) is -0.0405. The topological polar surface area (TPSA) is 38.1 Å². The molecule has 2 aromatic heterocycles. The number of carbonyl (C=O) groups excluding carboxylic acids is 1. The fourth-order valence-corrected chi connectivity index (χ4v) is 2.99. The number of alkyl halides is 3. The average Bonchev–Trinajstić information content (AvgIpc) is 3.17. The van der Waals surface area contributed by atoms with E-state index < -0.39 is 6.43 Å². The zero-order valence-corrected chi connectivity index (χ0v) is 14.3. The fraction of sp³-hybridized carbons (Fsp3) is 0.467. The lowest BCUT2D eigenvalue weighted by Gasteiger charge is -2.17. The molecule has 4 nitrogen and oxygen atoms in total. The molecule has 0 saturated heterocycles. The Morgan fingerprint density at radius 1 is 1.30 bits per heavy atom. The van der Waals surface area contributed by atoms with Gasteiger partial charge in [0.15, 0.2) is 0 Å². The van der Waals surface area contributed by atoms with Gasteiger partial charge in [-0.15, -0.1) is 11.3 Å². The van der Waals surface area contributed by atoms with E-state index >= 15 is 0 Å². The molecule has 0 saturated carbocycles. The molecule has 1 amide bonds. The van der Waals surface area contributed by atoms with Crippen molar-refractivity contribution in [3.63, 3.8) is 0 Å². The van der Waals surface area contributed by atoms with Gasteiger partial charge in [-0.2, -0.15) is 5.10 Å². The number of hydrogen-bond acceptors (Lipinski definition) is 3. The Balaban J connectivity index is 0.00000127. The summed E-state index contributed by atoms with van der Waals surface area (Å²) in [6.07, 6.45) is -2.56. The first-order valence-corrected chi connectivity index (χ1v) is 7.88. The van der Waals surface area contributed by atoms with Crippen LogP contribution in [0, 0.1) is 0 Å². The van der Waals surface area contributed by atoms with Gasteiger partial charge in [0.25, 0.3) is 12.3 Å². The van der Waals surface area contributed by atoms with Crippen molar-refractivity contribution < 1.29 is 18.0 Å². The number of hydrogen-bond donors (Lipinski definition) is 0. The van der Waals surface area contributed by atoms with Crippen LogP contribution in [0.25, 0.3) is 10.6 Å². The lowest BCUT2D eigenvalue weighted by Crippen LogP contribution is -2.29. The molecule has 0 aliphatic heterocycles. The summed E-state index contributed by atoms with van der Waals surface area (Å²) in [5, 5.41) is 4.08. The molecule has 0 aromatic carbocycles. The van der Waals surface area contributed by atoms with Crippen LogP contribution in [0.5, 0.6) is 0 Å². The second-order valence-corrected chi connectivity index (χ2v) is 5.60. The Bertz CT molecular complexity index is 636. The standard InChI is InChI=1S/C14H17F2N3OS.CH3F/c1-4-19(5-2)14(20)12-7-6-11(21-12)9-8-10(13(15)16)18(3)17-9;1-2/h6-8,13H,4-5H2,1-3H3;1H3. The van der Waals surface area contributed by atoms with Crippen LogP contribution in [-0.4, -0.2) is 40.9 Å². The lowest BCUT2D eigenvalue weighted by molar-refractivity contribution is 0.0778. The summed E-state index contributed by atoms with van der Waals surface area (Å²) in [6, 6.07) is 4.83. The van der Waals surface area contributed by atoms with Crippen LogP contribution in [0.4, 0.5) is 13.2 Å². The van der Waals surface area contributed by atoms with Gasteiger partial charge < -0.3 is 4.90 Å². The van der Waals surface area contributed by atoms with Gasteiger partial charge in [-0.1, -0.05) is 0 Å². The van der Waals surface area contributed by atoms with Crippen LogP contribution >= 0.6 is 11.3 Å². The van der Waals surface area contributed by atoms with Crippen LogP contribution in [0.3, 0.4) is 0 Å². The largest absolute Gasteiger partial charge is 0.339 e. The normalized spacial score (nSPS) is 10.4. The van der Waals surface area contributed by atoms with Crippen LogP contribution in [0.15, 0.2) is 18.2 Å². The van der Waals surface area contributed by atoms with E-state index in [-0.39, 0.29) is 11.6 Å². The first kappa shape index (κ1) is 19.2. The molecule has 2 aromatic rings. The van der Waals surface area contributed by atoms with E-state index in [1.165, 1.54) is 29.1 Å². The third-order valence-electron chi connectivity index (χ3n) is 3.26. The summed E-state index contributed by atoms with van der Waals surface area (Å²) < 4.78 is 36.2. The Morgan fingerprint density at radius 3 is 2.39 bits per heavy atom. The molecule has 0 fully saturated rings. The maximum Gasteiger partial charge on any atom is 0.280 e. The number of aryl methyl sites for hydroxylation is 1. The third-order valence-corrected chi connectivity index (χ3v) is 4.36. The molecule has 0 aliphatic rings. The Kier molecular flexibility index (Phi) is 7.28. The van der Waals surface area contributed by atoms with Gasteiger partial charge in [0.2, 0.25) is 0 Å². The first-order chi connectivity index (χ1) is 11.0. The van der Waals surface area contributed by atoms with Gasteiger partial charge in [-0.05, 0) is 32.0 Å². The smallest absolute Gasteiger partial charge is 0.280 e. The monoisotopic (exact) mass is 347 g/mol. The average molecular weight is 347 g/mol. The van der Waals surface area contributed by atoms with Crippen molar-refractivity contribution in [2.45, 2.75) is 20.3 Å². The molecule has 0 unspecified atom stereocenters. The number of thiophene rings is 1. The minimum Gasteiger partial charge on any atom is -0.339 e. The fourth-order valence-electron chi connectivity index (χ4n) is 2.06. The molecule has 0 radical (unpaired) electrons. The SMILES string of the molecule is CCN(CC)C(=O)c1ccc(-c2cc(C(F)F)n(C)n2)s1.CF. The molecular formula is C15H20F3N3OS. The Morgan fingerprint density at radius 2 is 1.91 bits per heavy atom. The first-order valence-electron chi connectivity index (χ1n) is 7.07. The van der Waals surface area contributed by atoms with E-state index in [1.54, 1.807) is 17.0 Å². The molecule has 0 spiro atoms. The summed E-state index contributed by atoms with van der Waals surface area (Å²) in [7, 11) is 1.99. The van der Waals surface area contributed by atoms with E-state index in [4.69, 9.17) is 0 Å². The Hall–Kier alpha value is -1.83. The maximum absolute atomic E-state index is 12.8. The minimum atomic E-state index is -2.56. The van der Waals surface area contributed by atoms with Gasteiger partial charge in [0, 0.05) is 20.1 Å². The van der Waals surface area contributed by atoms with E-state index in [9.17, 15) is 18.0 Å². The summed E-state index contributed by atoms with van der Waals surface area (Å²) in [6.45, 7) is 5.12. The Labute approximate surface area is 137 Å². The van der Waals surface area contributed by atoms with Crippen molar-refractivity contribution in [1.82, 2.24) is 14.7 Å². The van der Waals surface area contributed by atoms with Gasteiger partial charge in [0.1, 0.15) is 11.4 Å². The quantitative estimate of drug-likeness (QED) is 0.815. The van der Waals surface area contributed by atoms with Crippen molar-refractivity contribution in [3.8, 4) is 10.6 Å². The van der Waals surface area contributed by atoms with Crippen molar-refractivity contribution in [2.24, 2.45) is 7.05 Å². The van der Waals surface area contributed by atoms with Gasteiger partial charge in [-0.25, -0.2) is 8.78 Å². The molecule has 2 rings (SSSR count). The summed E-state index contributed by atoms with van der Waals surface area (Å²) >= 11 is 1.27. The van der Waals surface area contributed by atoms with E-state index in [2.05, 4.69) is 5.10 Å². The number of amides is 1. The number of aromatic nitrogens is 2. The molecule has 23 heavy (non-hydrogen) atoms. The molecule has 0 atom stereocenters. The van der Waals surface area contributed by atoms with E-state index in [0.717, 1.165) is 0 Å². The number of rotatable bonds is 5. The van der Waals surface area contributed by atoms with E-state index in [0.29, 0.717) is 35.7 Å². The number of carbonyl (C=O) groups is 1. The number of halogens is 3. The second-order valence-electron chi connectivity index (χ2n) is 4.52. The zero-order chi connectivity index (χ0) is 17.6. The molecule has 0 N–H and O–H groups in total. The second kappa shape index (κ2) is 8.71.